The number of hydrogen-bond acceptors (Lipinski definition) is 2. The molecular weight excluding hydrogens is 330 g/mol. The molecule has 0 saturated heterocycles. The Morgan fingerprint density at radius 2 is 1.90 bits per heavy atom. The summed E-state index contributed by atoms with van der Waals surface area (Å²) >= 11 is 3.28. The number of aliphatic hydroxyl groups is 1. The van der Waals surface area contributed by atoms with Gasteiger partial charge in [-0.25, -0.2) is 8.78 Å². The lowest BCUT2D eigenvalue weighted by molar-refractivity contribution is 0.0636. The molecule has 104 valence electrons. The molecule has 0 fully saturated rings. The minimum absolute atomic E-state index is 0.228. The maximum atomic E-state index is 13.9. The van der Waals surface area contributed by atoms with Crippen LogP contribution in [0.4, 0.5) is 8.78 Å². The van der Waals surface area contributed by atoms with Crippen molar-refractivity contribution >= 4 is 15.9 Å². The largest absolute Gasteiger partial charge is 0.485 e. The number of benzene rings is 2. The predicted molar refractivity (Wildman–Crippen MR) is 73.4 cm³/mol. The summed E-state index contributed by atoms with van der Waals surface area (Å²) in [5.41, 5.74) is 0.867. The normalized spacial score (nSPS) is 21.2. The van der Waals surface area contributed by atoms with E-state index in [1.165, 1.54) is 24.3 Å². The summed E-state index contributed by atoms with van der Waals surface area (Å²) in [6.07, 6.45) is -1.22. The van der Waals surface area contributed by atoms with Crippen LogP contribution in [0.2, 0.25) is 0 Å². The Morgan fingerprint density at radius 3 is 2.70 bits per heavy atom. The number of halogens is 3. The molecular formula is C15H11BrF2O2. The van der Waals surface area contributed by atoms with Gasteiger partial charge in [0.15, 0.2) is 0 Å². The summed E-state index contributed by atoms with van der Waals surface area (Å²) in [4.78, 5) is 0. The van der Waals surface area contributed by atoms with E-state index in [0.29, 0.717) is 11.1 Å². The van der Waals surface area contributed by atoms with Crippen molar-refractivity contribution in [1.29, 1.82) is 0 Å². The molecule has 5 heteroatoms. The Bertz CT molecular complexity index is 660. The third-order valence-electron chi connectivity index (χ3n) is 3.35. The van der Waals surface area contributed by atoms with Gasteiger partial charge in [0, 0.05) is 28.1 Å². The third-order valence-corrected chi connectivity index (χ3v) is 3.84. The van der Waals surface area contributed by atoms with Crippen LogP contribution in [0.1, 0.15) is 29.8 Å². The van der Waals surface area contributed by atoms with E-state index >= 15 is 0 Å². The average Bonchev–Trinajstić information content (AvgIpc) is 2.41. The second-order valence-corrected chi connectivity index (χ2v) is 5.62. The zero-order valence-corrected chi connectivity index (χ0v) is 11.9. The van der Waals surface area contributed by atoms with Gasteiger partial charge < -0.3 is 9.84 Å². The van der Waals surface area contributed by atoms with Crippen molar-refractivity contribution in [3.05, 3.63) is 63.6 Å². The Morgan fingerprint density at radius 1 is 1.10 bits per heavy atom. The number of ether oxygens (including phenoxy) is 1. The van der Waals surface area contributed by atoms with Gasteiger partial charge in [-0.15, -0.1) is 0 Å². The van der Waals surface area contributed by atoms with E-state index in [2.05, 4.69) is 15.9 Å². The van der Waals surface area contributed by atoms with E-state index in [0.717, 1.165) is 4.47 Å². The molecule has 1 N–H and O–H groups in total. The van der Waals surface area contributed by atoms with Gasteiger partial charge in [0.2, 0.25) is 0 Å². The molecule has 2 aromatic carbocycles. The highest BCUT2D eigenvalue weighted by atomic mass is 79.9. The molecule has 1 aliphatic heterocycles. The van der Waals surface area contributed by atoms with Gasteiger partial charge in [-0.1, -0.05) is 15.9 Å². The standard InChI is InChI=1S/C15H11BrF2O2/c16-8-1-4-12(18)11(5-8)15-7-13(19)10-3-2-9(17)6-14(10)20-15/h1-6,13,15,19H,7H2/t13-,15?/m1/s1. The van der Waals surface area contributed by atoms with Gasteiger partial charge in [0.1, 0.15) is 23.5 Å². The maximum absolute atomic E-state index is 13.9. The van der Waals surface area contributed by atoms with Crippen LogP contribution in [-0.2, 0) is 0 Å². The van der Waals surface area contributed by atoms with Gasteiger partial charge in [-0.2, -0.15) is 0 Å². The van der Waals surface area contributed by atoms with Gasteiger partial charge >= 0.3 is 0 Å². The minimum Gasteiger partial charge on any atom is -0.485 e. The lowest BCUT2D eigenvalue weighted by atomic mass is 9.95. The number of fused-ring (bicyclic) bond motifs is 1. The molecule has 0 saturated carbocycles. The van der Waals surface area contributed by atoms with Crippen LogP contribution >= 0.6 is 15.9 Å². The monoisotopic (exact) mass is 340 g/mol. The molecule has 20 heavy (non-hydrogen) atoms. The first-order valence-corrected chi connectivity index (χ1v) is 6.93. The van der Waals surface area contributed by atoms with Crippen molar-refractivity contribution in [2.24, 2.45) is 0 Å². The maximum Gasteiger partial charge on any atom is 0.130 e. The molecule has 0 spiro atoms. The van der Waals surface area contributed by atoms with Gasteiger partial charge in [-0.05, 0) is 30.3 Å². The molecule has 2 nitrogen and oxygen atoms in total. The number of aliphatic hydroxyl groups excluding tert-OH is 1. The lowest BCUT2D eigenvalue weighted by Gasteiger charge is -2.30. The van der Waals surface area contributed by atoms with E-state index < -0.39 is 23.8 Å². The first kappa shape index (κ1) is 13.5. The van der Waals surface area contributed by atoms with Crippen molar-refractivity contribution in [1.82, 2.24) is 0 Å². The van der Waals surface area contributed by atoms with E-state index in [9.17, 15) is 13.9 Å². The van der Waals surface area contributed by atoms with Crippen LogP contribution in [0.3, 0.4) is 0 Å². The quantitative estimate of drug-likeness (QED) is 0.839. The van der Waals surface area contributed by atoms with E-state index in [4.69, 9.17) is 4.74 Å². The predicted octanol–water partition coefficient (Wildman–Crippen LogP) is 4.28. The van der Waals surface area contributed by atoms with Gasteiger partial charge in [-0.3, -0.25) is 0 Å². The molecule has 2 aromatic rings. The summed E-state index contributed by atoms with van der Waals surface area (Å²) in [6.45, 7) is 0. The van der Waals surface area contributed by atoms with Crippen molar-refractivity contribution in [3.63, 3.8) is 0 Å². The molecule has 0 aliphatic carbocycles. The molecule has 1 unspecified atom stereocenters. The molecule has 1 aliphatic rings. The van der Waals surface area contributed by atoms with Crippen molar-refractivity contribution in [2.45, 2.75) is 18.6 Å². The smallest absolute Gasteiger partial charge is 0.130 e. The van der Waals surface area contributed by atoms with Gasteiger partial charge in [0.05, 0.1) is 6.10 Å². The van der Waals surface area contributed by atoms with E-state index in [1.54, 1.807) is 12.1 Å². The van der Waals surface area contributed by atoms with E-state index in [-0.39, 0.29) is 12.2 Å². The molecule has 0 bridgehead atoms. The Balaban J connectivity index is 2.00. The van der Waals surface area contributed by atoms with Crippen LogP contribution in [-0.4, -0.2) is 5.11 Å². The Hall–Kier alpha value is -1.46. The molecule has 0 radical (unpaired) electrons. The first-order chi connectivity index (χ1) is 9.54. The second kappa shape index (κ2) is 5.14. The highest BCUT2D eigenvalue weighted by Crippen LogP contribution is 2.41. The average molecular weight is 341 g/mol. The van der Waals surface area contributed by atoms with Gasteiger partial charge in [0.25, 0.3) is 0 Å². The summed E-state index contributed by atoms with van der Waals surface area (Å²) in [7, 11) is 0. The molecule has 2 atom stereocenters. The van der Waals surface area contributed by atoms with Crippen LogP contribution in [0.5, 0.6) is 5.75 Å². The topological polar surface area (TPSA) is 29.5 Å². The number of rotatable bonds is 1. The number of hydrogen-bond donors (Lipinski definition) is 1. The molecule has 0 aromatic heterocycles. The first-order valence-electron chi connectivity index (χ1n) is 6.13. The van der Waals surface area contributed by atoms with Crippen molar-refractivity contribution < 1.29 is 18.6 Å². The van der Waals surface area contributed by atoms with Crippen LogP contribution in [0, 0.1) is 11.6 Å². The second-order valence-electron chi connectivity index (χ2n) is 4.71. The zero-order valence-electron chi connectivity index (χ0n) is 10.3. The Labute approximate surface area is 123 Å². The van der Waals surface area contributed by atoms with Crippen LogP contribution in [0.25, 0.3) is 0 Å². The minimum atomic E-state index is -0.803. The van der Waals surface area contributed by atoms with Crippen LogP contribution < -0.4 is 4.74 Å². The fourth-order valence-corrected chi connectivity index (χ4v) is 2.75. The summed E-state index contributed by atoms with van der Waals surface area (Å²) < 4.78 is 33.5. The molecule has 0 amide bonds. The Kier molecular flexibility index (Phi) is 3.48. The highest BCUT2D eigenvalue weighted by molar-refractivity contribution is 9.10. The molecule has 3 rings (SSSR count). The summed E-state index contributed by atoms with van der Waals surface area (Å²) in [6, 6.07) is 8.49. The highest BCUT2D eigenvalue weighted by Gasteiger charge is 2.30. The van der Waals surface area contributed by atoms with Crippen LogP contribution in [0.15, 0.2) is 40.9 Å². The fraction of sp³-hybridized carbons (Fsp3) is 0.200. The summed E-state index contributed by atoms with van der Waals surface area (Å²) in [5, 5.41) is 10.1. The zero-order chi connectivity index (χ0) is 14.3. The SMILES string of the molecule is O[C@@H]1CC(c2cc(Br)ccc2F)Oc2cc(F)ccc21. The molecule has 1 heterocycles. The van der Waals surface area contributed by atoms with E-state index in [1.807, 2.05) is 0 Å². The lowest BCUT2D eigenvalue weighted by Crippen LogP contribution is -2.20. The third kappa shape index (κ3) is 2.43. The van der Waals surface area contributed by atoms with Crippen molar-refractivity contribution in [3.8, 4) is 5.75 Å². The van der Waals surface area contributed by atoms with Crippen molar-refractivity contribution in [2.75, 3.05) is 0 Å². The summed E-state index contributed by atoms with van der Waals surface area (Å²) in [5.74, 6) is -0.607. The fourth-order valence-electron chi connectivity index (χ4n) is 2.37.